The van der Waals surface area contributed by atoms with E-state index in [4.69, 9.17) is 0 Å². The predicted octanol–water partition coefficient (Wildman–Crippen LogP) is 6.77. The van der Waals surface area contributed by atoms with Crippen molar-refractivity contribution in [2.75, 3.05) is 0 Å². The summed E-state index contributed by atoms with van der Waals surface area (Å²) in [4.78, 5) is 0. The van der Waals surface area contributed by atoms with Crippen LogP contribution in [-0.4, -0.2) is 0 Å². The van der Waals surface area contributed by atoms with Gasteiger partial charge in [-0.1, -0.05) is 32.0 Å². The second kappa shape index (κ2) is 6.69. The van der Waals surface area contributed by atoms with Gasteiger partial charge in [-0.2, -0.15) is 26.3 Å². The van der Waals surface area contributed by atoms with Crippen LogP contribution in [0.3, 0.4) is 0 Å². The molecule has 0 radical (unpaired) electrons. The zero-order valence-electron chi connectivity index (χ0n) is 13.3. The van der Waals surface area contributed by atoms with Crippen LogP contribution in [0.4, 0.5) is 30.7 Å². The molecular weight excluding hydrogens is 349 g/mol. The molecule has 25 heavy (non-hydrogen) atoms. The van der Waals surface area contributed by atoms with Gasteiger partial charge in [0.05, 0.1) is 11.1 Å². The number of rotatable bonds is 3. The molecule has 7 heteroatoms. The maximum atomic E-state index is 13.7. The lowest BCUT2D eigenvalue weighted by Crippen LogP contribution is -2.11. The second-order valence-electron chi connectivity index (χ2n) is 5.93. The first-order valence-electron chi connectivity index (χ1n) is 7.45. The van der Waals surface area contributed by atoms with E-state index in [0.717, 1.165) is 18.2 Å². The van der Waals surface area contributed by atoms with Crippen LogP contribution in [-0.2, 0) is 12.4 Å². The fourth-order valence-corrected chi connectivity index (χ4v) is 2.60. The minimum Gasteiger partial charge on any atom is -0.206 e. The van der Waals surface area contributed by atoms with Crippen LogP contribution in [0, 0.1) is 5.82 Å². The fourth-order valence-electron chi connectivity index (χ4n) is 2.60. The topological polar surface area (TPSA) is 0 Å². The van der Waals surface area contributed by atoms with Crippen LogP contribution >= 0.6 is 0 Å². The Bertz CT molecular complexity index is 727. The van der Waals surface area contributed by atoms with Crippen LogP contribution in [0.15, 0.2) is 42.5 Å². The Kier molecular flexibility index (Phi) is 5.16. The second-order valence-corrected chi connectivity index (χ2v) is 5.93. The minimum absolute atomic E-state index is 0.307. The largest absolute Gasteiger partial charge is 0.419 e. The summed E-state index contributed by atoms with van der Waals surface area (Å²) in [7, 11) is 0. The lowest BCUT2D eigenvalue weighted by molar-refractivity contribution is -0.140. The van der Waals surface area contributed by atoms with Crippen molar-refractivity contribution in [2.45, 2.75) is 38.0 Å². The molecule has 0 aliphatic heterocycles. The fraction of sp³-hybridized carbons (Fsp3) is 0.333. The van der Waals surface area contributed by atoms with Gasteiger partial charge < -0.3 is 0 Å². The first kappa shape index (κ1) is 19.3. The van der Waals surface area contributed by atoms with Gasteiger partial charge in [-0.3, -0.25) is 0 Å². The Labute approximate surface area is 140 Å². The molecule has 2 aromatic rings. The molecule has 2 rings (SSSR count). The summed E-state index contributed by atoms with van der Waals surface area (Å²) in [5.74, 6) is -2.05. The number of benzene rings is 2. The summed E-state index contributed by atoms with van der Waals surface area (Å²) >= 11 is 0. The number of alkyl halides is 6. The monoisotopic (exact) mass is 364 g/mol. The van der Waals surface area contributed by atoms with E-state index in [1.807, 2.05) is 0 Å². The van der Waals surface area contributed by atoms with Gasteiger partial charge in [0.25, 0.3) is 0 Å². The molecule has 0 saturated carbocycles. The van der Waals surface area contributed by atoms with E-state index >= 15 is 0 Å². The first-order chi connectivity index (χ1) is 11.4. The Morgan fingerprint density at radius 1 is 0.680 bits per heavy atom. The molecule has 136 valence electrons. The Morgan fingerprint density at radius 2 is 1.16 bits per heavy atom. The van der Waals surface area contributed by atoms with E-state index in [-0.39, 0.29) is 11.8 Å². The highest BCUT2D eigenvalue weighted by atomic mass is 19.4. The van der Waals surface area contributed by atoms with Crippen molar-refractivity contribution in [3.63, 3.8) is 0 Å². The van der Waals surface area contributed by atoms with Crippen LogP contribution in [0.25, 0.3) is 0 Å². The van der Waals surface area contributed by atoms with Gasteiger partial charge in [-0.05, 0) is 47.2 Å². The van der Waals surface area contributed by atoms with Gasteiger partial charge >= 0.3 is 12.4 Å². The Hall–Kier alpha value is -2.05. The van der Waals surface area contributed by atoms with Crippen LogP contribution in [0.5, 0.6) is 0 Å². The van der Waals surface area contributed by atoms with E-state index in [1.54, 1.807) is 13.8 Å². The molecule has 0 bridgehead atoms. The van der Waals surface area contributed by atoms with Gasteiger partial charge in [-0.15, -0.1) is 0 Å². The smallest absolute Gasteiger partial charge is 0.206 e. The molecule has 0 aromatic heterocycles. The van der Waals surface area contributed by atoms with Crippen LogP contribution in [0.2, 0.25) is 0 Å². The molecule has 0 saturated heterocycles. The van der Waals surface area contributed by atoms with E-state index in [0.29, 0.717) is 17.2 Å². The molecule has 0 aliphatic carbocycles. The summed E-state index contributed by atoms with van der Waals surface area (Å²) in [6.45, 7) is 3.41. The van der Waals surface area contributed by atoms with E-state index < -0.39 is 29.3 Å². The van der Waals surface area contributed by atoms with Crippen molar-refractivity contribution in [2.24, 2.45) is 0 Å². The van der Waals surface area contributed by atoms with Crippen molar-refractivity contribution < 1.29 is 30.7 Å². The summed E-state index contributed by atoms with van der Waals surface area (Å²) < 4.78 is 89.3. The molecule has 0 N–H and O–H groups in total. The summed E-state index contributed by atoms with van der Waals surface area (Å²) in [5.41, 5.74) is -1.19. The third-order valence-corrected chi connectivity index (χ3v) is 4.34. The first-order valence-corrected chi connectivity index (χ1v) is 7.45. The molecular formula is C18H15F7. The highest BCUT2D eigenvalue weighted by molar-refractivity contribution is 5.33. The summed E-state index contributed by atoms with van der Waals surface area (Å²) in [6, 6.07) is 7.25. The lowest BCUT2D eigenvalue weighted by atomic mass is 9.83. The van der Waals surface area contributed by atoms with Gasteiger partial charge in [0.15, 0.2) is 0 Å². The van der Waals surface area contributed by atoms with E-state index in [1.165, 1.54) is 18.2 Å². The van der Waals surface area contributed by atoms with Crippen LogP contribution < -0.4 is 0 Å². The van der Waals surface area contributed by atoms with Crippen molar-refractivity contribution in [3.05, 3.63) is 70.5 Å². The van der Waals surface area contributed by atoms with E-state index in [9.17, 15) is 30.7 Å². The number of halogens is 7. The maximum absolute atomic E-state index is 13.7. The average Bonchev–Trinajstić information content (AvgIpc) is 2.51. The maximum Gasteiger partial charge on any atom is 0.419 e. The summed E-state index contributed by atoms with van der Waals surface area (Å²) in [5, 5.41) is 0. The SMILES string of the molecule is CC(c1ccc(C(F)(F)F)cc1)C(C)c1ccc(C(F)(F)F)c(F)c1. The highest BCUT2D eigenvalue weighted by Gasteiger charge is 2.34. The lowest BCUT2D eigenvalue weighted by Gasteiger charge is -2.22. The Balaban J connectivity index is 2.25. The number of hydrogen-bond acceptors (Lipinski definition) is 0. The molecule has 2 atom stereocenters. The Morgan fingerprint density at radius 3 is 1.60 bits per heavy atom. The van der Waals surface area contributed by atoms with Gasteiger partial charge in [-0.25, -0.2) is 4.39 Å². The predicted molar refractivity (Wildman–Crippen MR) is 79.7 cm³/mol. The normalized spacial score (nSPS) is 15.1. The molecule has 2 aromatic carbocycles. The van der Waals surface area contributed by atoms with Crippen molar-refractivity contribution in [3.8, 4) is 0 Å². The van der Waals surface area contributed by atoms with Crippen molar-refractivity contribution >= 4 is 0 Å². The van der Waals surface area contributed by atoms with Gasteiger partial charge in [0, 0.05) is 0 Å². The molecule has 0 fully saturated rings. The van der Waals surface area contributed by atoms with Crippen molar-refractivity contribution in [1.29, 1.82) is 0 Å². The zero-order chi connectivity index (χ0) is 19.0. The molecule has 2 unspecified atom stereocenters. The van der Waals surface area contributed by atoms with Gasteiger partial charge in [0.2, 0.25) is 0 Å². The summed E-state index contributed by atoms with van der Waals surface area (Å²) in [6.07, 6.45) is -9.21. The quantitative estimate of drug-likeness (QED) is 0.527. The van der Waals surface area contributed by atoms with E-state index in [2.05, 4.69) is 0 Å². The standard InChI is InChI=1S/C18H15F7/c1-10(12-3-6-14(7-4-12)17(20,21)22)11(2)13-5-8-15(16(19)9-13)18(23,24)25/h3-11H,1-2H3. The molecule has 0 aliphatic rings. The molecule has 0 nitrogen and oxygen atoms in total. The average molecular weight is 364 g/mol. The molecule has 0 spiro atoms. The highest BCUT2D eigenvalue weighted by Crippen LogP contribution is 2.37. The van der Waals surface area contributed by atoms with Gasteiger partial charge in [0.1, 0.15) is 5.82 Å². The zero-order valence-corrected chi connectivity index (χ0v) is 13.3. The third kappa shape index (κ3) is 4.32. The van der Waals surface area contributed by atoms with Crippen LogP contribution in [0.1, 0.15) is 47.9 Å². The number of hydrogen-bond donors (Lipinski definition) is 0. The third-order valence-electron chi connectivity index (χ3n) is 4.34. The van der Waals surface area contributed by atoms with Crippen molar-refractivity contribution in [1.82, 2.24) is 0 Å². The minimum atomic E-state index is -4.77. The molecule has 0 amide bonds. The molecule has 0 heterocycles.